The third kappa shape index (κ3) is 2.02. The molecule has 3 unspecified atom stereocenters. The second-order valence-corrected chi connectivity index (χ2v) is 7.56. The lowest BCUT2D eigenvalue weighted by atomic mass is 9.84. The van der Waals surface area contributed by atoms with Crippen LogP contribution >= 0.6 is 0 Å². The number of rotatable bonds is 1. The monoisotopic (exact) mass is 331 g/mol. The molecule has 6 rings (SSSR count). The number of nitrogens with zero attached hydrogens (tertiary/aromatic N) is 3. The van der Waals surface area contributed by atoms with Gasteiger partial charge in [0.25, 0.3) is 0 Å². The van der Waals surface area contributed by atoms with Crippen molar-refractivity contribution >= 4 is 16.7 Å². The van der Waals surface area contributed by atoms with Crippen molar-refractivity contribution < 1.29 is 0 Å². The maximum absolute atomic E-state index is 2.64. The zero-order valence-corrected chi connectivity index (χ0v) is 15.2. The molecular formula is C22H25N3. The van der Waals surface area contributed by atoms with Crippen LogP contribution in [0.1, 0.15) is 43.0 Å². The van der Waals surface area contributed by atoms with Crippen molar-refractivity contribution in [1.82, 2.24) is 9.47 Å². The molecule has 0 amide bonds. The number of anilines is 1. The number of aryl methyl sites for hydroxylation is 1. The fourth-order valence-corrected chi connectivity index (χ4v) is 5.05. The number of hydrogen-bond donors (Lipinski definition) is 0. The van der Waals surface area contributed by atoms with E-state index in [0.717, 1.165) is 0 Å². The second kappa shape index (κ2) is 5.37. The van der Waals surface area contributed by atoms with E-state index in [4.69, 9.17) is 0 Å². The Kier molecular flexibility index (Phi) is 3.23. The van der Waals surface area contributed by atoms with Gasteiger partial charge in [0.05, 0.1) is 12.2 Å². The van der Waals surface area contributed by atoms with Crippen LogP contribution < -0.4 is 4.90 Å². The number of fused-ring (bicyclic) bond motifs is 4. The molecule has 1 aliphatic carbocycles. The Balaban J connectivity index is 1.73. The van der Waals surface area contributed by atoms with Crippen molar-refractivity contribution in [2.45, 2.75) is 38.0 Å². The second-order valence-electron chi connectivity index (χ2n) is 7.56. The van der Waals surface area contributed by atoms with Gasteiger partial charge in [0.2, 0.25) is 0 Å². The van der Waals surface area contributed by atoms with Gasteiger partial charge in [-0.05, 0) is 50.1 Å². The van der Waals surface area contributed by atoms with Gasteiger partial charge in [-0.3, -0.25) is 4.90 Å². The van der Waals surface area contributed by atoms with Crippen LogP contribution in [0.3, 0.4) is 0 Å². The maximum Gasteiger partial charge on any atom is 0.111 e. The third-order valence-corrected chi connectivity index (χ3v) is 6.44. The summed E-state index contributed by atoms with van der Waals surface area (Å²) in [6.07, 6.45) is 2.83. The Labute approximate surface area is 149 Å². The Hall–Kier alpha value is -2.26. The van der Waals surface area contributed by atoms with Crippen LogP contribution in [0.5, 0.6) is 0 Å². The highest BCUT2D eigenvalue weighted by Gasteiger charge is 2.42. The summed E-state index contributed by atoms with van der Waals surface area (Å²) in [6.45, 7) is 2.36. The van der Waals surface area contributed by atoms with Crippen LogP contribution in [-0.2, 0) is 7.05 Å². The van der Waals surface area contributed by atoms with E-state index >= 15 is 0 Å². The molecule has 3 aliphatic rings. The van der Waals surface area contributed by atoms with Crippen molar-refractivity contribution in [1.29, 1.82) is 0 Å². The van der Waals surface area contributed by atoms with Crippen LogP contribution in [0.25, 0.3) is 10.9 Å². The molecule has 2 bridgehead atoms. The summed E-state index contributed by atoms with van der Waals surface area (Å²) in [5.74, 6) is 1.32. The topological polar surface area (TPSA) is 11.4 Å². The van der Waals surface area contributed by atoms with Crippen LogP contribution in [0.15, 0.2) is 54.6 Å². The lowest BCUT2D eigenvalue weighted by molar-refractivity contribution is 0.191. The number of hydrogen-bond acceptors (Lipinski definition) is 2. The summed E-state index contributed by atoms with van der Waals surface area (Å²) in [5.41, 5.74) is 4.34. The minimum absolute atomic E-state index is 0.368. The molecule has 1 saturated heterocycles. The summed E-state index contributed by atoms with van der Waals surface area (Å²) in [7, 11) is 4.49. The molecule has 2 aliphatic heterocycles. The zero-order chi connectivity index (χ0) is 17.1. The molecule has 0 N–H and O–H groups in total. The van der Waals surface area contributed by atoms with E-state index in [1.807, 2.05) is 0 Å². The maximum atomic E-state index is 2.64. The summed E-state index contributed by atoms with van der Waals surface area (Å²) in [4.78, 5) is 5.20. The molecule has 0 radical (unpaired) electrons. The van der Waals surface area contributed by atoms with Gasteiger partial charge in [-0.2, -0.15) is 0 Å². The van der Waals surface area contributed by atoms with Gasteiger partial charge in [-0.15, -0.1) is 0 Å². The average molecular weight is 331 g/mol. The van der Waals surface area contributed by atoms with Crippen LogP contribution in [0.2, 0.25) is 0 Å². The number of benzene rings is 2. The first-order valence-electron chi connectivity index (χ1n) is 9.30. The molecule has 1 aromatic heterocycles. The Bertz CT molecular complexity index is 941. The van der Waals surface area contributed by atoms with Crippen molar-refractivity contribution in [3.8, 4) is 0 Å². The van der Waals surface area contributed by atoms with Crippen molar-refractivity contribution in [3.05, 3.63) is 65.7 Å². The van der Waals surface area contributed by atoms with Crippen LogP contribution in [0, 0.1) is 0 Å². The van der Waals surface area contributed by atoms with E-state index in [-0.39, 0.29) is 0 Å². The van der Waals surface area contributed by atoms with Gasteiger partial charge in [0.1, 0.15) is 5.82 Å². The summed E-state index contributed by atoms with van der Waals surface area (Å²) in [5, 5.41) is 1.32. The molecular weight excluding hydrogens is 306 g/mol. The SMILES string of the molecule is CC1N(C)C2CCC(c3ccccc32)N1c1cc2ccccc2n1C. The summed E-state index contributed by atoms with van der Waals surface area (Å²) >= 11 is 0. The van der Waals surface area contributed by atoms with E-state index < -0.39 is 0 Å². The molecule has 0 spiro atoms. The van der Waals surface area contributed by atoms with Gasteiger partial charge >= 0.3 is 0 Å². The van der Waals surface area contributed by atoms with E-state index in [1.165, 1.54) is 40.7 Å². The standard InChI is InChI=1S/C22H25N3/c1-15-23(2)20-12-13-21(18-10-6-5-9-17(18)20)25(15)22-14-16-8-4-7-11-19(16)24(22)3/h4-11,14-15,20-21H,12-13H2,1-3H3. The highest BCUT2D eigenvalue weighted by molar-refractivity contribution is 5.85. The average Bonchev–Trinajstić information content (AvgIpc) is 2.88. The first kappa shape index (κ1) is 15.0. The largest absolute Gasteiger partial charge is 0.335 e. The highest BCUT2D eigenvalue weighted by atomic mass is 15.4. The van der Waals surface area contributed by atoms with E-state index in [1.54, 1.807) is 0 Å². The predicted molar refractivity (Wildman–Crippen MR) is 104 cm³/mol. The lowest BCUT2D eigenvalue weighted by Crippen LogP contribution is -2.44. The van der Waals surface area contributed by atoms with Gasteiger partial charge in [0.15, 0.2) is 0 Å². The quantitative estimate of drug-likeness (QED) is 0.631. The number of para-hydroxylation sites is 1. The minimum Gasteiger partial charge on any atom is -0.335 e. The van der Waals surface area contributed by atoms with Gasteiger partial charge in [-0.25, -0.2) is 0 Å². The van der Waals surface area contributed by atoms with Crippen molar-refractivity contribution in [3.63, 3.8) is 0 Å². The molecule has 2 aromatic carbocycles. The number of aromatic nitrogens is 1. The first-order chi connectivity index (χ1) is 12.2. The van der Waals surface area contributed by atoms with Gasteiger partial charge in [-0.1, -0.05) is 42.5 Å². The molecule has 25 heavy (non-hydrogen) atoms. The molecule has 3 heteroatoms. The smallest absolute Gasteiger partial charge is 0.111 e. The Morgan fingerprint density at radius 2 is 1.48 bits per heavy atom. The molecule has 3 aromatic rings. The molecule has 3 heterocycles. The molecule has 128 valence electrons. The lowest BCUT2D eigenvalue weighted by Gasteiger charge is -2.38. The highest BCUT2D eigenvalue weighted by Crippen LogP contribution is 2.49. The normalized spacial score (nSPS) is 26.0. The van der Waals surface area contributed by atoms with Crippen molar-refractivity contribution in [2.24, 2.45) is 7.05 Å². The predicted octanol–water partition coefficient (Wildman–Crippen LogP) is 4.85. The third-order valence-electron chi connectivity index (χ3n) is 6.44. The molecule has 3 nitrogen and oxygen atoms in total. The molecule has 0 saturated carbocycles. The summed E-state index contributed by atoms with van der Waals surface area (Å²) in [6, 6.07) is 21.1. The Morgan fingerprint density at radius 1 is 0.840 bits per heavy atom. The fraction of sp³-hybridized carbons (Fsp3) is 0.364. The first-order valence-corrected chi connectivity index (χ1v) is 9.30. The van der Waals surface area contributed by atoms with Crippen molar-refractivity contribution in [2.75, 3.05) is 11.9 Å². The Morgan fingerprint density at radius 3 is 2.24 bits per heavy atom. The molecule has 1 fully saturated rings. The van der Waals surface area contributed by atoms with Crippen LogP contribution in [0.4, 0.5) is 5.82 Å². The van der Waals surface area contributed by atoms with Crippen LogP contribution in [-0.4, -0.2) is 22.7 Å². The fourth-order valence-electron chi connectivity index (χ4n) is 5.05. The summed E-state index contributed by atoms with van der Waals surface area (Å²) < 4.78 is 2.36. The molecule has 3 atom stereocenters. The zero-order valence-electron chi connectivity index (χ0n) is 15.2. The van der Waals surface area contributed by atoms with E-state index in [2.05, 4.69) is 90.0 Å². The van der Waals surface area contributed by atoms with E-state index in [0.29, 0.717) is 18.2 Å². The minimum atomic E-state index is 0.368. The van der Waals surface area contributed by atoms with Gasteiger partial charge in [0, 0.05) is 24.0 Å². The van der Waals surface area contributed by atoms with Gasteiger partial charge < -0.3 is 9.47 Å². The van der Waals surface area contributed by atoms with E-state index in [9.17, 15) is 0 Å².